The van der Waals surface area contributed by atoms with Gasteiger partial charge in [-0.25, -0.2) is 4.79 Å². The zero-order valence-corrected chi connectivity index (χ0v) is 16.3. The minimum absolute atomic E-state index is 0.0727. The number of carbonyl (C=O) groups excluding carboxylic acids is 1. The summed E-state index contributed by atoms with van der Waals surface area (Å²) in [6.07, 6.45) is 0.890. The van der Waals surface area contributed by atoms with Gasteiger partial charge in [0.15, 0.2) is 0 Å². The third-order valence-electron chi connectivity index (χ3n) is 4.81. The summed E-state index contributed by atoms with van der Waals surface area (Å²) in [5, 5.41) is 16.1. The van der Waals surface area contributed by atoms with Crippen molar-refractivity contribution in [1.29, 1.82) is 5.26 Å². The summed E-state index contributed by atoms with van der Waals surface area (Å²) >= 11 is 6.16. The van der Waals surface area contributed by atoms with Crippen LogP contribution in [0.25, 0.3) is 0 Å². The Balaban J connectivity index is 1.85. The Kier molecular flexibility index (Phi) is 5.88. The van der Waals surface area contributed by atoms with Crippen LogP contribution >= 0.6 is 11.6 Å². The fourth-order valence-electron chi connectivity index (χ4n) is 3.59. The average Bonchev–Trinajstić information content (AvgIpc) is 2.99. The molecule has 5 nitrogen and oxygen atoms in total. The van der Waals surface area contributed by atoms with Crippen LogP contribution in [0.3, 0.4) is 0 Å². The Hall–Kier alpha value is -2.71. The van der Waals surface area contributed by atoms with Crippen LogP contribution in [0.5, 0.6) is 0 Å². The van der Waals surface area contributed by atoms with Gasteiger partial charge < -0.3 is 15.5 Å². The highest BCUT2D eigenvalue weighted by Crippen LogP contribution is 2.49. The van der Waals surface area contributed by atoms with Crippen molar-refractivity contribution in [3.05, 3.63) is 58.6 Å². The Morgan fingerprint density at radius 3 is 2.59 bits per heavy atom. The predicted molar refractivity (Wildman–Crippen MR) is 109 cm³/mol. The quantitative estimate of drug-likeness (QED) is 0.759. The molecule has 2 aromatic carbocycles. The Bertz CT molecular complexity index is 859. The fraction of sp³-hybridized carbons (Fsp3) is 0.333. The van der Waals surface area contributed by atoms with Gasteiger partial charge in [0.05, 0.1) is 18.0 Å². The lowest BCUT2D eigenvalue weighted by molar-refractivity contribution is 0.252. The van der Waals surface area contributed by atoms with Crippen LogP contribution in [-0.4, -0.2) is 19.1 Å². The van der Waals surface area contributed by atoms with Gasteiger partial charge in [-0.1, -0.05) is 30.7 Å². The molecule has 1 heterocycles. The summed E-state index contributed by atoms with van der Waals surface area (Å²) in [6.45, 7) is 5.52. The van der Waals surface area contributed by atoms with E-state index in [0.717, 1.165) is 35.5 Å². The van der Waals surface area contributed by atoms with Crippen molar-refractivity contribution in [3.63, 3.8) is 0 Å². The lowest BCUT2D eigenvalue weighted by Crippen LogP contribution is -2.29. The first-order valence-electron chi connectivity index (χ1n) is 9.19. The van der Waals surface area contributed by atoms with Gasteiger partial charge in [-0.15, -0.1) is 0 Å². The van der Waals surface area contributed by atoms with Crippen molar-refractivity contribution in [2.75, 3.05) is 23.3 Å². The van der Waals surface area contributed by atoms with Gasteiger partial charge in [-0.2, -0.15) is 5.26 Å². The second-order valence-electron chi connectivity index (χ2n) is 6.54. The molecule has 2 amide bonds. The predicted octanol–water partition coefficient (Wildman–Crippen LogP) is 5.06. The second-order valence-corrected chi connectivity index (χ2v) is 6.98. The third kappa shape index (κ3) is 3.86. The number of nitrogens with one attached hydrogen (secondary N) is 2. The number of nitriles is 1. The van der Waals surface area contributed by atoms with Crippen molar-refractivity contribution in [2.45, 2.75) is 32.2 Å². The van der Waals surface area contributed by atoms with Gasteiger partial charge in [-0.05, 0) is 54.8 Å². The maximum atomic E-state index is 11.8. The first-order valence-corrected chi connectivity index (χ1v) is 9.57. The van der Waals surface area contributed by atoms with Crippen molar-refractivity contribution < 1.29 is 4.79 Å². The molecule has 0 aliphatic carbocycles. The van der Waals surface area contributed by atoms with Gasteiger partial charge >= 0.3 is 6.03 Å². The van der Waals surface area contributed by atoms with E-state index in [-0.39, 0.29) is 18.0 Å². The summed E-state index contributed by atoms with van der Waals surface area (Å²) in [4.78, 5) is 14.0. The van der Waals surface area contributed by atoms with Crippen molar-refractivity contribution >= 4 is 29.0 Å². The van der Waals surface area contributed by atoms with Gasteiger partial charge in [0.1, 0.15) is 0 Å². The van der Waals surface area contributed by atoms with Gasteiger partial charge in [-0.3, -0.25) is 0 Å². The second kappa shape index (κ2) is 8.32. The van der Waals surface area contributed by atoms with E-state index in [4.69, 9.17) is 11.6 Å². The molecule has 6 heteroatoms. The summed E-state index contributed by atoms with van der Waals surface area (Å²) in [7, 11) is 0. The van der Waals surface area contributed by atoms with Gasteiger partial charge in [0.2, 0.25) is 0 Å². The first-order chi connectivity index (χ1) is 13.1. The number of likely N-dealkylation sites (N-methyl/N-ethyl adjacent to an activating group) is 1. The number of amides is 2. The van der Waals surface area contributed by atoms with Crippen molar-refractivity contribution in [1.82, 2.24) is 5.32 Å². The van der Waals surface area contributed by atoms with E-state index < -0.39 is 0 Å². The molecular weight excluding hydrogens is 360 g/mol. The summed E-state index contributed by atoms with van der Waals surface area (Å²) < 4.78 is 0. The fourth-order valence-corrected chi connectivity index (χ4v) is 3.77. The normalized spacial score (nSPS) is 17.9. The summed E-state index contributed by atoms with van der Waals surface area (Å²) in [6, 6.07) is 15.6. The van der Waals surface area contributed by atoms with E-state index in [1.54, 1.807) is 0 Å². The number of urea groups is 1. The van der Waals surface area contributed by atoms with E-state index in [1.807, 2.05) is 49.4 Å². The van der Waals surface area contributed by atoms with E-state index in [2.05, 4.69) is 28.5 Å². The Morgan fingerprint density at radius 1 is 1.22 bits per heavy atom. The number of hydrogen-bond acceptors (Lipinski definition) is 3. The molecule has 0 fully saturated rings. The average molecular weight is 383 g/mol. The molecule has 1 aliphatic rings. The highest BCUT2D eigenvalue weighted by molar-refractivity contribution is 6.30. The minimum atomic E-state index is -0.287. The van der Waals surface area contributed by atoms with Crippen LogP contribution in [0.15, 0.2) is 42.5 Å². The summed E-state index contributed by atoms with van der Waals surface area (Å²) in [5.41, 5.74) is 3.79. The number of nitrogens with zero attached hydrogens (tertiary/aromatic N) is 2. The molecule has 0 radical (unpaired) electrons. The van der Waals surface area contributed by atoms with Crippen LogP contribution in [0.4, 0.5) is 16.2 Å². The van der Waals surface area contributed by atoms with E-state index in [1.165, 1.54) is 0 Å². The van der Waals surface area contributed by atoms with Crippen LogP contribution in [-0.2, 0) is 0 Å². The zero-order valence-electron chi connectivity index (χ0n) is 15.5. The topological polar surface area (TPSA) is 68.2 Å². The molecule has 2 N–H and O–H groups in total. The van der Waals surface area contributed by atoms with Crippen LogP contribution < -0.4 is 15.5 Å². The van der Waals surface area contributed by atoms with Gasteiger partial charge in [0, 0.05) is 29.5 Å². The molecule has 0 spiro atoms. The molecule has 0 saturated heterocycles. The summed E-state index contributed by atoms with van der Waals surface area (Å²) in [5.74, 6) is -0.287. The maximum Gasteiger partial charge on any atom is 0.319 e. The maximum absolute atomic E-state index is 11.8. The molecule has 0 saturated carbocycles. The molecule has 140 valence electrons. The lowest BCUT2D eigenvalue weighted by Gasteiger charge is -2.28. The van der Waals surface area contributed by atoms with E-state index >= 15 is 0 Å². The molecule has 1 aliphatic heterocycles. The van der Waals surface area contributed by atoms with Crippen molar-refractivity contribution in [3.8, 4) is 6.07 Å². The molecule has 2 aromatic rings. The Labute approximate surface area is 164 Å². The number of carbonyl (C=O) groups is 1. The minimum Gasteiger partial charge on any atom is -0.363 e. The Morgan fingerprint density at radius 2 is 1.96 bits per heavy atom. The molecule has 3 rings (SSSR count). The van der Waals surface area contributed by atoms with Crippen LogP contribution in [0.1, 0.15) is 43.4 Å². The molecular formula is C21H23ClN4O. The number of fused-ring (bicyclic) bond motifs is 1. The monoisotopic (exact) mass is 382 g/mol. The zero-order chi connectivity index (χ0) is 19.4. The first kappa shape index (κ1) is 19.1. The van der Waals surface area contributed by atoms with Crippen LogP contribution in [0.2, 0.25) is 5.02 Å². The molecule has 2 atom stereocenters. The van der Waals surface area contributed by atoms with E-state index in [0.29, 0.717) is 11.6 Å². The number of rotatable bonds is 5. The lowest BCUT2D eigenvalue weighted by atomic mass is 9.91. The number of halogens is 1. The number of anilines is 2. The van der Waals surface area contributed by atoms with Gasteiger partial charge in [0.25, 0.3) is 0 Å². The van der Waals surface area contributed by atoms with Crippen molar-refractivity contribution in [2.24, 2.45) is 0 Å². The molecule has 2 unspecified atom stereocenters. The highest BCUT2D eigenvalue weighted by atomic mass is 35.5. The molecule has 0 bridgehead atoms. The number of hydrogen-bond donors (Lipinski definition) is 2. The number of benzene rings is 2. The third-order valence-corrected chi connectivity index (χ3v) is 5.05. The largest absolute Gasteiger partial charge is 0.363 e. The van der Waals surface area contributed by atoms with E-state index in [9.17, 15) is 10.1 Å². The smallest absolute Gasteiger partial charge is 0.319 e. The molecule has 27 heavy (non-hydrogen) atoms. The van der Waals surface area contributed by atoms with Crippen LogP contribution in [0, 0.1) is 11.3 Å². The SMILES string of the molecule is CCCNC(=O)Nc1ccc(C2C(C#N)c3cc(Cl)ccc3N2CC)cc1. The highest BCUT2D eigenvalue weighted by Gasteiger charge is 2.39. The standard InChI is InChI=1S/C21H23ClN4O/c1-3-11-24-21(27)25-16-8-5-14(6-9-16)20-18(13-23)17-12-15(22)7-10-19(17)26(20)4-2/h5-10,12,18,20H,3-4,11H2,1-2H3,(H2,24,25,27). The molecule has 0 aromatic heterocycles.